The number of nitriles is 1. The Kier molecular flexibility index (Phi) is 3.62. The Labute approximate surface area is 112 Å². The van der Waals surface area contributed by atoms with Gasteiger partial charge in [0.15, 0.2) is 9.84 Å². The molecule has 102 valence electrons. The summed E-state index contributed by atoms with van der Waals surface area (Å²) in [6.07, 6.45) is 0.290. The maximum atomic E-state index is 12.0. The molecular weight excluding hydrogens is 288 g/mol. The molecule has 1 saturated heterocycles. The van der Waals surface area contributed by atoms with E-state index in [1.807, 2.05) is 6.07 Å². The quantitative estimate of drug-likeness (QED) is 0.847. The number of sulfonamides is 1. The number of hydrogen-bond donors (Lipinski definition) is 1. The van der Waals surface area contributed by atoms with Crippen molar-refractivity contribution in [3.8, 4) is 6.07 Å². The van der Waals surface area contributed by atoms with Crippen LogP contribution in [0.15, 0.2) is 29.2 Å². The van der Waals surface area contributed by atoms with E-state index < -0.39 is 25.9 Å². The molecule has 1 unspecified atom stereocenters. The predicted octanol–water partition coefficient (Wildman–Crippen LogP) is 0.0237. The Morgan fingerprint density at radius 1 is 1.26 bits per heavy atom. The van der Waals surface area contributed by atoms with Gasteiger partial charge in [0.25, 0.3) is 0 Å². The fourth-order valence-corrected chi connectivity index (χ4v) is 4.93. The topological polar surface area (TPSA) is 104 Å². The van der Waals surface area contributed by atoms with Gasteiger partial charge in [-0.25, -0.2) is 21.6 Å². The van der Waals surface area contributed by atoms with Crippen LogP contribution in [0.4, 0.5) is 0 Å². The molecule has 0 spiro atoms. The van der Waals surface area contributed by atoms with Gasteiger partial charge in [0.1, 0.15) is 0 Å². The number of benzene rings is 1. The molecule has 0 radical (unpaired) electrons. The van der Waals surface area contributed by atoms with E-state index in [-0.39, 0.29) is 22.8 Å². The van der Waals surface area contributed by atoms with E-state index in [0.29, 0.717) is 5.56 Å². The van der Waals surface area contributed by atoms with Crippen molar-refractivity contribution in [3.05, 3.63) is 29.8 Å². The first-order valence-corrected chi connectivity index (χ1v) is 8.86. The summed E-state index contributed by atoms with van der Waals surface area (Å²) >= 11 is 0. The monoisotopic (exact) mass is 300 g/mol. The zero-order valence-electron chi connectivity index (χ0n) is 9.90. The van der Waals surface area contributed by atoms with Crippen LogP contribution < -0.4 is 4.72 Å². The second-order valence-corrected chi connectivity index (χ2v) is 8.30. The molecule has 0 bridgehead atoms. The average Bonchev–Trinajstić information content (AvgIpc) is 2.68. The summed E-state index contributed by atoms with van der Waals surface area (Å²) in [4.78, 5) is 0.0239. The highest BCUT2D eigenvalue weighted by atomic mass is 32.2. The third-order valence-electron chi connectivity index (χ3n) is 2.85. The van der Waals surface area contributed by atoms with Gasteiger partial charge < -0.3 is 0 Å². The van der Waals surface area contributed by atoms with Gasteiger partial charge in [-0.1, -0.05) is 0 Å². The summed E-state index contributed by atoms with van der Waals surface area (Å²) in [7, 11) is -6.87. The summed E-state index contributed by atoms with van der Waals surface area (Å²) < 4.78 is 48.9. The molecule has 1 atom stereocenters. The average molecular weight is 300 g/mol. The van der Waals surface area contributed by atoms with Crippen LogP contribution in [0.1, 0.15) is 12.0 Å². The van der Waals surface area contributed by atoms with Crippen molar-refractivity contribution < 1.29 is 16.8 Å². The predicted molar refractivity (Wildman–Crippen MR) is 68.5 cm³/mol. The third kappa shape index (κ3) is 3.32. The van der Waals surface area contributed by atoms with Gasteiger partial charge in [0, 0.05) is 6.04 Å². The molecule has 19 heavy (non-hydrogen) atoms. The van der Waals surface area contributed by atoms with Crippen molar-refractivity contribution in [1.29, 1.82) is 5.26 Å². The number of nitrogens with zero attached hydrogens (tertiary/aromatic N) is 1. The second kappa shape index (κ2) is 4.92. The van der Waals surface area contributed by atoms with Crippen molar-refractivity contribution in [2.24, 2.45) is 0 Å². The number of sulfone groups is 1. The summed E-state index contributed by atoms with van der Waals surface area (Å²) in [6.45, 7) is 0. The van der Waals surface area contributed by atoms with Crippen LogP contribution >= 0.6 is 0 Å². The molecule has 0 aromatic heterocycles. The number of hydrogen-bond acceptors (Lipinski definition) is 5. The molecule has 1 N–H and O–H groups in total. The maximum Gasteiger partial charge on any atom is 0.240 e. The molecule has 2 rings (SSSR count). The minimum atomic E-state index is -3.74. The van der Waals surface area contributed by atoms with Crippen molar-refractivity contribution in [2.45, 2.75) is 17.4 Å². The summed E-state index contributed by atoms with van der Waals surface area (Å²) in [5.74, 6) is -0.157. The smallest absolute Gasteiger partial charge is 0.229 e. The van der Waals surface area contributed by atoms with Crippen molar-refractivity contribution in [3.63, 3.8) is 0 Å². The van der Waals surface area contributed by atoms with Crippen LogP contribution in [0.2, 0.25) is 0 Å². The lowest BCUT2D eigenvalue weighted by molar-refractivity contribution is 0.562. The van der Waals surface area contributed by atoms with E-state index in [9.17, 15) is 16.8 Å². The highest BCUT2D eigenvalue weighted by Crippen LogP contribution is 2.16. The molecule has 1 aliphatic rings. The number of nitrogens with one attached hydrogen (secondary N) is 1. The first-order valence-electron chi connectivity index (χ1n) is 5.55. The highest BCUT2D eigenvalue weighted by Gasteiger charge is 2.31. The minimum Gasteiger partial charge on any atom is -0.229 e. The zero-order chi connectivity index (χ0) is 14.1. The van der Waals surface area contributed by atoms with Crippen LogP contribution in [0.25, 0.3) is 0 Å². The molecule has 1 fully saturated rings. The Bertz CT molecular complexity index is 715. The van der Waals surface area contributed by atoms with E-state index in [2.05, 4.69) is 4.72 Å². The molecule has 1 heterocycles. The Morgan fingerprint density at radius 2 is 1.89 bits per heavy atom. The Balaban J connectivity index is 2.17. The lowest BCUT2D eigenvalue weighted by Gasteiger charge is -2.11. The molecule has 1 aromatic rings. The van der Waals surface area contributed by atoms with E-state index in [4.69, 9.17) is 5.26 Å². The largest absolute Gasteiger partial charge is 0.240 e. The zero-order valence-corrected chi connectivity index (χ0v) is 11.5. The van der Waals surface area contributed by atoms with Gasteiger partial charge in [-0.05, 0) is 30.7 Å². The van der Waals surface area contributed by atoms with Gasteiger partial charge in [-0.2, -0.15) is 5.26 Å². The highest BCUT2D eigenvalue weighted by molar-refractivity contribution is 7.92. The summed E-state index contributed by atoms with van der Waals surface area (Å²) in [5.41, 5.74) is 0.363. The van der Waals surface area contributed by atoms with E-state index >= 15 is 0 Å². The van der Waals surface area contributed by atoms with Crippen LogP contribution in [0.3, 0.4) is 0 Å². The number of rotatable bonds is 3. The van der Waals surface area contributed by atoms with Crippen LogP contribution in [0.5, 0.6) is 0 Å². The van der Waals surface area contributed by atoms with Gasteiger partial charge in [0.05, 0.1) is 28.0 Å². The summed E-state index contributed by atoms with van der Waals surface area (Å²) in [6, 6.07) is 6.77. The molecular formula is C11H12N2O4S2. The van der Waals surface area contributed by atoms with Crippen molar-refractivity contribution in [2.75, 3.05) is 11.5 Å². The fourth-order valence-electron chi connectivity index (χ4n) is 1.88. The van der Waals surface area contributed by atoms with Crippen LogP contribution in [-0.2, 0) is 19.9 Å². The first-order chi connectivity index (χ1) is 8.82. The molecule has 0 aliphatic carbocycles. The minimum absolute atomic E-state index is 0.00750. The van der Waals surface area contributed by atoms with Crippen molar-refractivity contribution >= 4 is 19.9 Å². The van der Waals surface area contributed by atoms with Crippen LogP contribution in [0, 0.1) is 11.3 Å². The molecule has 0 saturated carbocycles. The Morgan fingerprint density at radius 3 is 2.37 bits per heavy atom. The maximum absolute atomic E-state index is 12.0. The van der Waals surface area contributed by atoms with Gasteiger partial charge in [-0.3, -0.25) is 0 Å². The molecule has 8 heteroatoms. The van der Waals surface area contributed by atoms with Crippen molar-refractivity contribution in [1.82, 2.24) is 4.72 Å². The normalized spacial score (nSPS) is 21.9. The first kappa shape index (κ1) is 14.0. The second-order valence-electron chi connectivity index (χ2n) is 4.36. The molecule has 1 aromatic carbocycles. The van der Waals surface area contributed by atoms with E-state index in [0.717, 1.165) is 0 Å². The van der Waals surface area contributed by atoms with E-state index in [1.165, 1.54) is 24.3 Å². The van der Waals surface area contributed by atoms with Gasteiger partial charge in [-0.15, -0.1) is 0 Å². The van der Waals surface area contributed by atoms with E-state index in [1.54, 1.807) is 0 Å². The van der Waals surface area contributed by atoms with Gasteiger partial charge >= 0.3 is 0 Å². The van der Waals surface area contributed by atoms with Gasteiger partial charge in [0.2, 0.25) is 10.0 Å². The molecule has 1 aliphatic heterocycles. The third-order valence-corrected chi connectivity index (χ3v) is 6.15. The lowest BCUT2D eigenvalue weighted by Crippen LogP contribution is -2.35. The summed E-state index contributed by atoms with van der Waals surface area (Å²) in [5, 5.41) is 8.64. The Hall–Kier alpha value is -1.43. The molecule has 0 amide bonds. The van der Waals surface area contributed by atoms with Crippen LogP contribution in [-0.4, -0.2) is 34.4 Å². The standard InChI is InChI=1S/C11H12N2O4S2/c12-7-9-1-3-11(4-2-9)19(16,17)13-10-5-6-18(14,15)8-10/h1-4,10,13H,5-6,8H2. The molecule has 6 nitrogen and oxygen atoms in total. The SMILES string of the molecule is N#Cc1ccc(S(=O)(=O)NC2CCS(=O)(=O)C2)cc1. The lowest BCUT2D eigenvalue weighted by atomic mass is 10.2. The fraction of sp³-hybridized carbons (Fsp3) is 0.364.